The van der Waals surface area contributed by atoms with Gasteiger partial charge in [0.2, 0.25) is 0 Å². The summed E-state index contributed by atoms with van der Waals surface area (Å²) < 4.78 is 4.93. The van der Waals surface area contributed by atoms with Crippen molar-refractivity contribution in [1.82, 2.24) is 0 Å². The first kappa shape index (κ1) is 10.4. The van der Waals surface area contributed by atoms with Crippen molar-refractivity contribution in [3.8, 4) is 0 Å². The molecule has 0 saturated heterocycles. The summed E-state index contributed by atoms with van der Waals surface area (Å²) >= 11 is 0. The summed E-state index contributed by atoms with van der Waals surface area (Å²) in [7, 11) is 0. The van der Waals surface area contributed by atoms with E-state index in [1.54, 1.807) is 6.92 Å². The lowest BCUT2D eigenvalue weighted by Gasteiger charge is -2.10. The molecule has 0 heterocycles. The molecule has 3 heteroatoms. The largest absolute Gasteiger partial charge is 0.463 e. The van der Waals surface area contributed by atoms with E-state index in [0.29, 0.717) is 12.8 Å². The lowest BCUT2D eigenvalue weighted by atomic mass is 10.3. The molecule has 0 aromatic rings. The van der Waals surface area contributed by atoms with Crippen LogP contribution in [0.5, 0.6) is 0 Å². The zero-order valence-corrected chi connectivity index (χ0v) is 7.17. The molecule has 0 spiro atoms. The lowest BCUT2D eigenvalue weighted by Crippen LogP contribution is -2.15. The number of hydrogen-bond acceptors (Lipinski definition) is 3. The average Bonchev–Trinajstić information content (AvgIpc) is 1.87. The van der Waals surface area contributed by atoms with Crippen LogP contribution in [-0.2, 0) is 9.53 Å². The molecule has 0 fully saturated rings. The second-order valence-corrected chi connectivity index (χ2v) is 2.56. The zero-order valence-electron chi connectivity index (χ0n) is 7.17. The molecule has 0 aliphatic carbocycles. The summed E-state index contributed by atoms with van der Waals surface area (Å²) in [6, 6.07) is 0. The Hall–Kier alpha value is -0.570. The number of rotatable bonds is 5. The molecule has 0 aromatic heterocycles. The van der Waals surface area contributed by atoms with E-state index in [4.69, 9.17) is 9.84 Å². The average molecular weight is 160 g/mol. The third kappa shape index (κ3) is 5.85. The number of ether oxygens (including phenoxy) is 1. The highest BCUT2D eigenvalue weighted by molar-refractivity contribution is 5.69. The van der Waals surface area contributed by atoms with Gasteiger partial charge in [0, 0.05) is 19.4 Å². The van der Waals surface area contributed by atoms with E-state index >= 15 is 0 Å². The number of aliphatic hydroxyl groups excluding tert-OH is 1. The predicted molar refractivity (Wildman–Crippen MR) is 42.2 cm³/mol. The molecule has 0 radical (unpaired) electrons. The predicted octanol–water partition coefficient (Wildman–Crippen LogP) is 1.10. The van der Waals surface area contributed by atoms with E-state index in [1.165, 1.54) is 0 Å². The molecule has 0 aliphatic rings. The van der Waals surface area contributed by atoms with Crippen LogP contribution in [0.2, 0.25) is 0 Å². The van der Waals surface area contributed by atoms with E-state index < -0.39 is 0 Å². The van der Waals surface area contributed by atoms with Crippen molar-refractivity contribution >= 4 is 5.97 Å². The summed E-state index contributed by atoms with van der Waals surface area (Å²) in [6.07, 6.45) is 1.65. The number of carbonyl (C=O) groups is 1. The second-order valence-electron chi connectivity index (χ2n) is 2.56. The maximum absolute atomic E-state index is 10.8. The minimum Gasteiger partial charge on any atom is -0.463 e. The Labute approximate surface area is 67.4 Å². The van der Waals surface area contributed by atoms with Gasteiger partial charge in [0.1, 0.15) is 6.10 Å². The maximum Gasteiger partial charge on any atom is 0.306 e. The van der Waals surface area contributed by atoms with Gasteiger partial charge in [-0.1, -0.05) is 6.92 Å². The molecule has 0 aliphatic heterocycles. The van der Waals surface area contributed by atoms with Crippen LogP contribution < -0.4 is 0 Å². The smallest absolute Gasteiger partial charge is 0.306 e. The van der Waals surface area contributed by atoms with Crippen molar-refractivity contribution in [2.75, 3.05) is 6.61 Å². The third-order valence-corrected chi connectivity index (χ3v) is 1.32. The Morgan fingerprint density at radius 2 is 2.27 bits per heavy atom. The molecule has 1 atom stereocenters. The highest BCUT2D eigenvalue weighted by Gasteiger charge is 2.06. The minimum absolute atomic E-state index is 0.0700. The number of esters is 1. The fourth-order valence-corrected chi connectivity index (χ4v) is 0.728. The van der Waals surface area contributed by atoms with Gasteiger partial charge in [-0.2, -0.15) is 0 Å². The highest BCUT2D eigenvalue weighted by atomic mass is 16.5. The van der Waals surface area contributed by atoms with Gasteiger partial charge >= 0.3 is 5.97 Å². The van der Waals surface area contributed by atoms with Gasteiger partial charge in [0.15, 0.2) is 0 Å². The minimum atomic E-state index is -0.173. The monoisotopic (exact) mass is 160 g/mol. The van der Waals surface area contributed by atoms with E-state index in [2.05, 4.69) is 0 Å². The van der Waals surface area contributed by atoms with Crippen molar-refractivity contribution in [1.29, 1.82) is 0 Å². The Balaban J connectivity index is 3.40. The molecule has 0 aromatic carbocycles. The molecule has 0 saturated carbocycles. The van der Waals surface area contributed by atoms with Crippen molar-refractivity contribution < 1.29 is 14.6 Å². The Morgan fingerprint density at radius 3 is 2.73 bits per heavy atom. The maximum atomic E-state index is 10.8. The Morgan fingerprint density at radius 1 is 1.64 bits per heavy atom. The van der Waals surface area contributed by atoms with Crippen LogP contribution in [0.4, 0.5) is 0 Å². The summed E-state index contributed by atoms with van der Waals surface area (Å²) in [5.74, 6) is -0.173. The van der Waals surface area contributed by atoms with Gasteiger partial charge in [-0.3, -0.25) is 4.79 Å². The summed E-state index contributed by atoms with van der Waals surface area (Å²) in [6.45, 7) is 3.78. The normalized spacial score (nSPS) is 12.6. The van der Waals surface area contributed by atoms with Crippen LogP contribution in [0, 0.1) is 0 Å². The van der Waals surface area contributed by atoms with Gasteiger partial charge in [0.05, 0.1) is 0 Å². The zero-order chi connectivity index (χ0) is 8.69. The van der Waals surface area contributed by atoms with Crippen molar-refractivity contribution in [3.05, 3.63) is 0 Å². The molecule has 66 valence electrons. The molecule has 0 bridgehead atoms. The molecule has 3 nitrogen and oxygen atoms in total. The second kappa shape index (κ2) is 6.16. The van der Waals surface area contributed by atoms with Crippen LogP contribution in [0.3, 0.4) is 0 Å². The van der Waals surface area contributed by atoms with Crippen LogP contribution in [0.25, 0.3) is 0 Å². The van der Waals surface area contributed by atoms with Crippen molar-refractivity contribution in [2.24, 2.45) is 0 Å². The fraction of sp³-hybridized carbons (Fsp3) is 0.875. The number of hydrogen-bond donors (Lipinski definition) is 1. The first-order chi connectivity index (χ1) is 5.20. The lowest BCUT2D eigenvalue weighted by molar-refractivity contribution is -0.148. The fourth-order valence-electron chi connectivity index (χ4n) is 0.728. The summed E-state index contributed by atoms with van der Waals surface area (Å²) in [5.41, 5.74) is 0. The van der Waals surface area contributed by atoms with Crippen LogP contribution in [0.1, 0.15) is 33.1 Å². The third-order valence-electron chi connectivity index (χ3n) is 1.32. The highest BCUT2D eigenvalue weighted by Crippen LogP contribution is 2.00. The van der Waals surface area contributed by atoms with Crippen LogP contribution in [-0.4, -0.2) is 23.8 Å². The first-order valence-corrected chi connectivity index (χ1v) is 4.01. The van der Waals surface area contributed by atoms with Crippen molar-refractivity contribution in [3.63, 3.8) is 0 Å². The standard InChI is InChI=1S/C8H16O3/c1-3-4-8(10)11-7(2)5-6-9/h7,9H,3-6H2,1-2H3. The van der Waals surface area contributed by atoms with E-state index in [1.807, 2.05) is 6.92 Å². The van der Waals surface area contributed by atoms with E-state index in [0.717, 1.165) is 6.42 Å². The van der Waals surface area contributed by atoms with E-state index in [-0.39, 0.29) is 18.7 Å². The summed E-state index contributed by atoms with van der Waals surface area (Å²) in [4.78, 5) is 10.8. The van der Waals surface area contributed by atoms with Crippen LogP contribution in [0.15, 0.2) is 0 Å². The molecule has 11 heavy (non-hydrogen) atoms. The van der Waals surface area contributed by atoms with Gasteiger partial charge in [-0.05, 0) is 13.3 Å². The molecule has 0 amide bonds. The first-order valence-electron chi connectivity index (χ1n) is 4.01. The van der Waals surface area contributed by atoms with E-state index in [9.17, 15) is 4.79 Å². The topological polar surface area (TPSA) is 46.5 Å². The van der Waals surface area contributed by atoms with Crippen LogP contribution >= 0.6 is 0 Å². The molecular formula is C8H16O3. The van der Waals surface area contributed by atoms with Gasteiger partial charge in [-0.25, -0.2) is 0 Å². The quantitative estimate of drug-likeness (QED) is 0.612. The van der Waals surface area contributed by atoms with Gasteiger partial charge in [-0.15, -0.1) is 0 Å². The van der Waals surface area contributed by atoms with Gasteiger partial charge in [0.25, 0.3) is 0 Å². The summed E-state index contributed by atoms with van der Waals surface area (Å²) in [5, 5.41) is 8.49. The molecule has 1 unspecified atom stereocenters. The SMILES string of the molecule is CCCC(=O)OC(C)CCO. The Kier molecular flexibility index (Phi) is 5.84. The van der Waals surface area contributed by atoms with Gasteiger partial charge < -0.3 is 9.84 Å². The van der Waals surface area contributed by atoms with Crippen molar-refractivity contribution in [2.45, 2.75) is 39.2 Å². The number of aliphatic hydroxyl groups is 1. The number of carbonyl (C=O) groups excluding carboxylic acids is 1. The Bertz CT molecular complexity index is 112. The molecule has 0 rings (SSSR count). The molecular weight excluding hydrogens is 144 g/mol. The molecule has 1 N–H and O–H groups in total.